The lowest BCUT2D eigenvalue weighted by molar-refractivity contribution is 0.0946. The Morgan fingerprint density at radius 1 is 1.23 bits per heavy atom. The summed E-state index contributed by atoms with van der Waals surface area (Å²) in [4.78, 5) is 18.5. The van der Waals surface area contributed by atoms with E-state index >= 15 is 0 Å². The second-order valence-electron chi connectivity index (χ2n) is 5.65. The van der Waals surface area contributed by atoms with E-state index in [4.69, 9.17) is 0 Å². The normalized spacial score (nSPS) is 13.7. The number of benzene rings is 1. The maximum Gasteiger partial charge on any atom is 0.270 e. The summed E-state index contributed by atoms with van der Waals surface area (Å²) in [7, 11) is 0. The highest BCUT2D eigenvalue weighted by atomic mass is 16.2. The Morgan fingerprint density at radius 3 is 2.59 bits per heavy atom. The molecule has 1 fully saturated rings. The standard InChI is InChI=1S/C18H21N3O/c1-2-21(13-14-6-4-3-5-7-14)16-10-11-17(19-12-16)18(22)20-15-8-9-15/h3-7,10-12,15H,2,8-9,13H2,1H3,(H,20,22). The number of carbonyl (C=O) groups excluding carboxylic acids is 1. The minimum Gasteiger partial charge on any atom is -0.366 e. The van der Waals surface area contributed by atoms with Crippen molar-refractivity contribution < 1.29 is 4.79 Å². The van der Waals surface area contributed by atoms with E-state index in [2.05, 4.69) is 34.3 Å². The van der Waals surface area contributed by atoms with E-state index in [0.29, 0.717) is 11.7 Å². The predicted molar refractivity (Wildman–Crippen MR) is 87.9 cm³/mol. The Bertz CT molecular complexity index is 621. The maximum atomic E-state index is 11.9. The Labute approximate surface area is 131 Å². The van der Waals surface area contributed by atoms with Gasteiger partial charge in [-0.2, -0.15) is 0 Å². The summed E-state index contributed by atoms with van der Waals surface area (Å²) < 4.78 is 0. The maximum absolute atomic E-state index is 11.9. The predicted octanol–water partition coefficient (Wildman–Crippen LogP) is 3.00. The Kier molecular flexibility index (Phi) is 4.37. The molecule has 1 aliphatic carbocycles. The molecule has 2 aromatic rings. The molecule has 0 unspecified atom stereocenters. The first kappa shape index (κ1) is 14.6. The van der Waals surface area contributed by atoms with Crippen LogP contribution in [-0.2, 0) is 6.54 Å². The molecular weight excluding hydrogens is 274 g/mol. The highest BCUT2D eigenvalue weighted by Gasteiger charge is 2.24. The number of anilines is 1. The highest BCUT2D eigenvalue weighted by Crippen LogP contribution is 2.20. The molecule has 3 rings (SSSR count). The van der Waals surface area contributed by atoms with Crippen LogP contribution in [0.3, 0.4) is 0 Å². The van der Waals surface area contributed by atoms with Gasteiger partial charge in [0.15, 0.2) is 0 Å². The number of carbonyl (C=O) groups is 1. The number of pyridine rings is 1. The molecule has 0 spiro atoms. The minimum atomic E-state index is -0.0693. The van der Waals surface area contributed by atoms with Crippen LogP contribution in [0.1, 0.15) is 35.8 Å². The molecule has 1 saturated carbocycles. The third-order valence-electron chi connectivity index (χ3n) is 3.86. The summed E-state index contributed by atoms with van der Waals surface area (Å²) in [6.07, 6.45) is 3.96. The van der Waals surface area contributed by atoms with E-state index < -0.39 is 0 Å². The fraction of sp³-hybridized carbons (Fsp3) is 0.333. The third kappa shape index (κ3) is 3.64. The van der Waals surface area contributed by atoms with Crippen molar-refractivity contribution in [3.63, 3.8) is 0 Å². The van der Waals surface area contributed by atoms with Gasteiger partial charge in [-0.25, -0.2) is 4.98 Å². The number of amides is 1. The zero-order valence-corrected chi connectivity index (χ0v) is 12.8. The van der Waals surface area contributed by atoms with Crippen molar-refractivity contribution in [1.29, 1.82) is 0 Å². The van der Waals surface area contributed by atoms with Crippen LogP contribution in [-0.4, -0.2) is 23.5 Å². The molecule has 1 heterocycles. The number of rotatable bonds is 6. The molecule has 1 amide bonds. The van der Waals surface area contributed by atoms with E-state index in [1.165, 1.54) is 5.56 Å². The summed E-state index contributed by atoms with van der Waals surface area (Å²) in [5.74, 6) is -0.0693. The van der Waals surface area contributed by atoms with Gasteiger partial charge in [0.05, 0.1) is 11.9 Å². The second kappa shape index (κ2) is 6.60. The van der Waals surface area contributed by atoms with Crippen molar-refractivity contribution in [2.75, 3.05) is 11.4 Å². The van der Waals surface area contributed by atoms with Crippen molar-refractivity contribution >= 4 is 11.6 Å². The van der Waals surface area contributed by atoms with Crippen molar-refractivity contribution in [2.45, 2.75) is 32.4 Å². The van der Waals surface area contributed by atoms with Crippen molar-refractivity contribution in [3.8, 4) is 0 Å². The van der Waals surface area contributed by atoms with Crippen LogP contribution in [0, 0.1) is 0 Å². The Balaban J connectivity index is 1.68. The molecule has 1 N–H and O–H groups in total. The lowest BCUT2D eigenvalue weighted by Gasteiger charge is -2.23. The number of hydrogen-bond acceptors (Lipinski definition) is 3. The quantitative estimate of drug-likeness (QED) is 0.891. The van der Waals surface area contributed by atoms with Gasteiger partial charge in [0, 0.05) is 19.1 Å². The summed E-state index contributed by atoms with van der Waals surface area (Å²) in [6, 6.07) is 14.5. The molecule has 0 bridgehead atoms. The first-order chi connectivity index (χ1) is 10.8. The van der Waals surface area contributed by atoms with Crippen LogP contribution in [0.5, 0.6) is 0 Å². The van der Waals surface area contributed by atoms with Gasteiger partial charge in [0.2, 0.25) is 0 Å². The average molecular weight is 295 g/mol. The molecule has 4 heteroatoms. The molecule has 0 radical (unpaired) electrons. The van der Waals surface area contributed by atoms with Gasteiger partial charge in [-0.15, -0.1) is 0 Å². The molecule has 1 aromatic carbocycles. The lowest BCUT2D eigenvalue weighted by Crippen LogP contribution is -2.27. The van der Waals surface area contributed by atoms with E-state index in [9.17, 15) is 4.79 Å². The fourth-order valence-corrected chi connectivity index (χ4v) is 2.38. The molecule has 114 valence electrons. The van der Waals surface area contributed by atoms with Crippen LogP contribution in [0.2, 0.25) is 0 Å². The Morgan fingerprint density at radius 2 is 2.00 bits per heavy atom. The van der Waals surface area contributed by atoms with Crippen molar-refractivity contribution in [2.24, 2.45) is 0 Å². The minimum absolute atomic E-state index is 0.0693. The van der Waals surface area contributed by atoms with Gasteiger partial charge >= 0.3 is 0 Å². The molecule has 0 saturated heterocycles. The second-order valence-corrected chi connectivity index (χ2v) is 5.65. The number of aromatic nitrogens is 1. The first-order valence-corrected chi connectivity index (χ1v) is 7.82. The van der Waals surface area contributed by atoms with Crippen LogP contribution in [0.15, 0.2) is 48.7 Å². The largest absolute Gasteiger partial charge is 0.366 e. The average Bonchev–Trinajstić information content (AvgIpc) is 3.38. The molecule has 22 heavy (non-hydrogen) atoms. The highest BCUT2D eigenvalue weighted by molar-refractivity contribution is 5.92. The molecule has 0 aliphatic heterocycles. The number of hydrogen-bond donors (Lipinski definition) is 1. The lowest BCUT2D eigenvalue weighted by atomic mass is 10.2. The summed E-state index contributed by atoms with van der Waals surface area (Å²) in [6.45, 7) is 3.85. The van der Waals surface area contributed by atoms with Crippen LogP contribution < -0.4 is 10.2 Å². The zero-order valence-electron chi connectivity index (χ0n) is 12.8. The topological polar surface area (TPSA) is 45.2 Å². The first-order valence-electron chi connectivity index (χ1n) is 7.82. The van der Waals surface area contributed by atoms with Crippen molar-refractivity contribution in [3.05, 3.63) is 59.9 Å². The molecule has 4 nitrogen and oxygen atoms in total. The van der Waals surface area contributed by atoms with Crippen LogP contribution in [0.4, 0.5) is 5.69 Å². The van der Waals surface area contributed by atoms with E-state index in [0.717, 1.165) is 31.6 Å². The van der Waals surface area contributed by atoms with Gasteiger partial charge in [-0.3, -0.25) is 4.79 Å². The van der Waals surface area contributed by atoms with E-state index in [1.54, 1.807) is 12.3 Å². The molecule has 0 atom stereocenters. The van der Waals surface area contributed by atoms with E-state index in [-0.39, 0.29) is 5.91 Å². The van der Waals surface area contributed by atoms with E-state index in [1.807, 2.05) is 24.3 Å². The number of nitrogens with one attached hydrogen (secondary N) is 1. The van der Waals surface area contributed by atoms with Crippen LogP contribution in [0.25, 0.3) is 0 Å². The monoisotopic (exact) mass is 295 g/mol. The summed E-state index contributed by atoms with van der Waals surface area (Å²) in [5, 5.41) is 2.96. The molecule has 1 aromatic heterocycles. The SMILES string of the molecule is CCN(Cc1ccccc1)c1ccc(C(=O)NC2CC2)nc1. The number of nitrogens with zero attached hydrogens (tertiary/aromatic N) is 2. The van der Waals surface area contributed by atoms with Gasteiger partial charge in [-0.05, 0) is 37.5 Å². The smallest absolute Gasteiger partial charge is 0.270 e. The summed E-state index contributed by atoms with van der Waals surface area (Å²) >= 11 is 0. The van der Waals surface area contributed by atoms with Crippen LogP contribution >= 0.6 is 0 Å². The van der Waals surface area contributed by atoms with Gasteiger partial charge in [0.1, 0.15) is 5.69 Å². The van der Waals surface area contributed by atoms with Gasteiger partial charge < -0.3 is 10.2 Å². The summed E-state index contributed by atoms with van der Waals surface area (Å²) in [5.41, 5.74) is 2.79. The third-order valence-corrected chi connectivity index (χ3v) is 3.86. The van der Waals surface area contributed by atoms with Gasteiger partial charge in [-0.1, -0.05) is 30.3 Å². The van der Waals surface area contributed by atoms with Crippen molar-refractivity contribution in [1.82, 2.24) is 10.3 Å². The molecule has 1 aliphatic rings. The fourth-order valence-electron chi connectivity index (χ4n) is 2.38. The zero-order chi connectivity index (χ0) is 15.4. The van der Waals surface area contributed by atoms with Gasteiger partial charge in [0.25, 0.3) is 5.91 Å². The molecular formula is C18H21N3O. The Hall–Kier alpha value is -2.36.